The average Bonchev–Trinajstić information content (AvgIpc) is 1.92. The molecule has 0 saturated carbocycles. The standard InChI is InChI=1S/C6H9N3/c1-6(2)3-4-7-9-8-5-6/h3-5H,1-2H3. The SMILES string of the molecule is CC1(C)C=CN=NN=C1. The van der Waals surface area contributed by atoms with E-state index >= 15 is 0 Å². The van der Waals surface area contributed by atoms with Crippen LogP contribution < -0.4 is 0 Å². The van der Waals surface area contributed by atoms with E-state index in [2.05, 4.69) is 15.4 Å². The van der Waals surface area contributed by atoms with Crippen LogP contribution in [0.5, 0.6) is 0 Å². The van der Waals surface area contributed by atoms with Crippen molar-refractivity contribution in [1.29, 1.82) is 0 Å². The molecule has 1 aliphatic heterocycles. The van der Waals surface area contributed by atoms with E-state index in [4.69, 9.17) is 0 Å². The molecule has 0 atom stereocenters. The van der Waals surface area contributed by atoms with Crippen LogP contribution in [0.25, 0.3) is 0 Å². The van der Waals surface area contributed by atoms with Crippen LogP contribution in [0.4, 0.5) is 0 Å². The molecular weight excluding hydrogens is 114 g/mol. The minimum absolute atomic E-state index is 0.00347. The Morgan fingerprint density at radius 1 is 1.33 bits per heavy atom. The zero-order valence-corrected chi connectivity index (χ0v) is 5.57. The van der Waals surface area contributed by atoms with Crippen molar-refractivity contribution in [2.45, 2.75) is 13.8 Å². The zero-order chi connectivity index (χ0) is 6.74. The van der Waals surface area contributed by atoms with Crippen LogP contribution in [-0.4, -0.2) is 6.21 Å². The van der Waals surface area contributed by atoms with Crippen LogP contribution in [0.3, 0.4) is 0 Å². The highest BCUT2D eigenvalue weighted by Crippen LogP contribution is 2.15. The third-order valence-corrected chi connectivity index (χ3v) is 1.06. The van der Waals surface area contributed by atoms with Crippen molar-refractivity contribution in [2.75, 3.05) is 0 Å². The molecule has 0 saturated heterocycles. The second kappa shape index (κ2) is 2.09. The smallest absolute Gasteiger partial charge is 0.0483 e. The van der Waals surface area contributed by atoms with Crippen LogP contribution in [0.1, 0.15) is 13.8 Å². The van der Waals surface area contributed by atoms with E-state index in [9.17, 15) is 0 Å². The molecule has 1 rings (SSSR count). The van der Waals surface area contributed by atoms with Gasteiger partial charge < -0.3 is 0 Å². The van der Waals surface area contributed by atoms with Crippen molar-refractivity contribution in [3.63, 3.8) is 0 Å². The quantitative estimate of drug-likeness (QED) is 0.472. The lowest BCUT2D eigenvalue weighted by Crippen LogP contribution is -2.07. The molecule has 3 nitrogen and oxygen atoms in total. The molecule has 0 aromatic carbocycles. The Morgan fingerprint density at radius 3 is 2.89 bits per heavy atom. The maximum Gasteiger partial charge on any atom is 0.0483 e. The van der Waals surface area contributed by atoms with Gasteiger partial charge in [0.25, 0.3) is 0 Å². The van der Waals surface area contributed by atoms with Gasteiger partial charge in [0.1, 0.15) is 0 Å². The molecule has 0 N–H and O–H groups in total. The minimum Gasteiger partial charge on any atom is -0.142 e. The molecule has 9 heavy (non-hydrogen) atoms. The maximum atomic E-state index is 3.69. The molecule has 0 amide bonds. The van der Waals surface area contributed by atoms with E-state index in [1.165, 1.54) is 0 Å². The van der Waals surface area contributed by atoms with Crippen LogP contribution in [-0.2, 0) is 0 Å². The largest absolute Gasteiger partial charge is 0.142 e. The van der Waals surface area contributed by atoms with Gasteiger partial charge in [0.15, 0.2) is 0 Å². The molecule has 0 unspecified atom stereocenters. The van der Waals surface area contributed by atoms with Gasteiger partial charge in [0, 0.05) is 17.8 Å². The van der Waals surface area contributed by atoms with Crippen molar-refractivity contribution in [3.05, 3.63) is 12.3 Å². The normalized spacial score (nSPS) is 22.0. The summed E-state index contributed by atoms with van der Waals surface area (Å²) in [4.78, 5) is 0. The lowest BCUT2D eigenvalue weighted by atomic mass is 9.96. The van der Waals surface area contributed by atoms with Crippen molar-refractivity contribution >= 4 is 6.21 Å². The monoisotopic (exact) mass is 123 g/mol. The van der Waals surface area contributed by atoms with Gasteiger partial charge in [0.2, 0.25) is 0 Å². The lowest BCUT2D eigenvalue weighted by molar-refractivity contribution is 0.693. The Bertz CT molecular complexity index is 159. The van der Waals surface area contributed by atoms with Crippen LogP contribution in [0.2, 0.25) is 0 Å². The summed E-state index contributed by atoms with van der Waals surface area (Å²) in [6, 6.07) is 0. The minimum atomic E-state index is 0.00347. The predicted molar refractivity (Wildman–Crippen MR) is 36.3 cm³/mol. The fourth-order valence-electron chi connectivity index (χ4n) is 0.503. The van der Waals surface area contributed by atoms with Crippen molar-refractivity contribution in [1.82, 2.24) is 0 Å². The molecule has 1 aliphatic rings. The molecule has 0 spiro atoms. The summed E-state index contributed by atoms with van der Waals surface area (Å²) in [5.41, 5.74) is 0.00347. The van der Waals surface area contributed by atoms with Crippen LogP contribution in [0.15, 0.2) is 27.7 Å². The maximum absolute atomic E-state index is 3.69. The summed E-state index contributed by atoms with van der Waals surface area (Å²) in [5, 5.41) is 10.8. The third-order valence-electron chi connectivity index (χ3n) is 1.06. The second-order valence-electron chi connectivity index (χ2n) is 2.59. The first kappa shape index (κ1) is 6.13. The highest BCUT2D eigenvalue weighted by molar-refractivity contribution is 5.67. The molecule has 48 valence electrons. The first-order valence-electron chi connectivity index (χ1n) is 2.83. The van der Waals surface area contributed by atoms with E-state index in [1.807, 2.05) is 19.9 Å². The summed E-state index contributed by atoms with van der Waals surface area (Å²) in [5.74, 6) is 0. The average molecular weight is 123 g/mol. The fourth-order valence-corrected chi connectivity index (χ4v) is 0.503. The van der Waals surface area contributed by atoms with E-state index < -0.39 is 0 Å². The van der Waals surface area contributed by atoms with Gasteiger partial charge in [0.05, 0.1) is 0 Å². The van der Waals surface area contributed by atoms with E-state index in [0.717, 1.165) is 0 Å². The molecule has 1 heterocycles. The van der Waals surface area contributed by atoms with Gasteiger partial charge in [-0.3, -0.25) is 0 Å². The summed E-state index contributed by atoms with van der Waals surface area (Å²) in [6.07, 6.45) is 5.38. The van der Waals surface area contributed by atoms with Crippen molar-refractivity contribution in [2.24, 2.45) is 20.9 Å². The molecule has 0 aliphatic carbocycles. The van der Waals surface area contributed by atoms with Gasteiger partial charge in [-0.25, -0.2) is 0 Å². The zero-order valence-electron chi connectivity index (χ0n) is 5.57. The predicted octanol–water partition coefficient (Wildman–Crippen LogP) is 1.98. The molecule has 0 aromatic heterocycles. The second-order valence-corrected chi connectivity index (χ2v) is 2.59. The summed E-state index contributed by atoms with van der Waals surface area (Å²) in [7, 11) is 0. The molecule has 0 aromatic rings. The first-order chi connectivity index (χ1) is 4.21. The van der Waals surface area contributed by atoms with Gasteiger partial charge in [-0.2, -0.15) is 0 Å². The number of hydrogen-bond acceptors (Lipinski definition) is 3. The number of nitrogens with zero attached hydrogens (tertiary/aromatic N) is 3. The first-order valence-corrected chi connectivity index (χ1v) is 2.83. The Balaban J connectivity index is 2.82. The van der Waals surface area contributed by atoms with Crippen molar-refractivity contribution < 1.29 is 0 Å². The van der Waals surface area contributed by atoms with E-state index in [0.29, 0.717) is 0 Å². The van der Waals surface area contributed by atoms with Gasteiger partial charge in [-0.05, 0) is 5.22 Å². The van der Waals surface area contributed by atoms with Crippen molar-refractivity contribution in [3.8, 4) is 0 Å². The highest BCUT2D eigenvalue weighted by Gasteiger charge is 2.10. The topological polar surface area (TPSA) is 37.1 Å². The molecular formula is C6H9N3. The fraction of sp³-hybridized carbons (Fsp3) is 0.500. The van der Waals surface area contributed by atoms with Gasteiger partial charge >= 0.3 is 0 Å². The van der Waals surface area contributed by atoms with Crippen LogP contribution in [0, 0.1) is 5.41 Å². The van der Waals surface area contributed by atoms with E-state index in [-0.39, 0.29) is 5.41 Å². The van der Waals surface area contributed by atoms with Crippen LogP contribution >= 0.6 is 0 Å². The Labute approximate surface area is 54.2 Å². The molecule has 3 heteroatoms. The Hall–Kier alpha value is -0.990. The number of hydrogen-bond donors (Lipinski definition) is 0. The summed E-state index contributed by atoms with van der Waals surface area (Å²) >= 11 is 0. The molecule has 0 bridgehead atoms. The van der Waals surface area contributed by atoms with E-state index in [1.54, 1.807) is 12.4 Å². The molecule has 0 fully saturated rings. The van der Waals surface area contributed by atoms with Gasteiger partial charge in [-0.15, -0.1) is 10.2 Å². The highest BCUT2D eigenvalue weighted by atomic mass is 15.4. The summed E-state index contributed by atoms with van der Waals surface area (Å²) in [6.45, 7) is 4.09. The third kappa shape index (κ3) is 1.76. The lowest BCUT2D eigenvalue weighted by Gasteiger charge is -2.08. The number of allylic oxidation sites excluding steroid dienone is 1. The number of rotatable bonds is 0. The Kier molecular flexibility index (Phi) is 1.42. The van der Waals surface area contributed by atoms with Gasteiger partial charge in [-0.1, -0.05) is 19.9 Å². The Morgan fingerprint density at radius 2 is 2.11 bits per heavy atom. The summed E-state index contributed by atoms with van der Waals surface area (Å²) < 4.78 is 0. The molecule has 0 radical (unpaired) electrons.